The topological polar surface area (TPSA) is 118 Å². The minimum atomic E-state index is -4.84. The zero-order valence-electron chi connectivity index (χ0n) is 16.1. The van der Waals surface area contributed by atoms with Crippen molar-refractivity contribution in [3.05, 3.63) is 63.7 Å². The fourth-order valence-electron chi connectivity index (χ4n) is 3.05. The van der Waals surface area contributed by atoms with Crippen molar-refractivity contribution in [2.75, 3.05) is 26.3 Å². The van der Waals surface area contributed by atoms with Gasteiger partial charge in [0.05, 0.1) is 30.2 Å². The number of halogens is 3. The predicted octanol–water partition coefficient (Wildman–Crippen LogP) is 3.86. The Hall–Kier alpha value is -1.74. The molecule has 3 rings (SSSR count). The summed E-state index contributed by atoms with van der Waals surface area (Å²) in [4.78, 5) is 20.9. The number of hydrogen-bond acceptors (Lipinski definition) is 5. The summed E-state index contributed by atoms with van der Waals surface area (Å²) < 4.78 is 62.0. The monoisotopic (exact) mass is 524 g/mol. The van der Waals surface area contributed by atoms with Crippen LogP contribution in [0.3, 0.4) is 0 Å². The second-order valence-corrected chi connectivity index (χ2v) is 11.1. The standard InChI is InChI=1S/C18H16Cl2FN2O7PS/c1-22-16-4-3-13(7-15(16)21)29-10-18(11-30-31(24,25)26)8-23(9-18)32(27,28)17-5-2-12(19)6-14(17)20/h2-7H,8-11H2,(H2,24,25,26). The summed E-state index contributed by atoms with van der Waals surface area (Å²) in [6.07, 6.45) is 0. The molecule has 0 aromatic heterocycles. The van der Waals surface area contributed by atoms with E-state index in [4.69, 9.17) is 44.3 Å². The largest absolute Gasteiger partial charge is 0.493 e. The van der Waals surface area contributed by atoms with E-state index in [9.17, 15) is 17.4 Å². The van der Waals surface area contributed by atoms with Gasteiger partial charge in [0.2, 0.25) is 15.7 Å². The highest BCUT2D eigenvalue weighted by Gasteiger charge is 2.50. The maximum Gasteiger partial charge on any atom is 0.469 e. The van der Waals surface area contributed by atoms with E-state index >= 15 is 0 Å². The van der Waals surface area contributed by atoms with Gasteiger partial charge < -0.3 is 14.5 Å². The highest BCUT2D eigenvalue weighted by atomic mass is 35.5. The Bertz CT molecular complexity index is 1230. The number of phosphoric acid groups is 1. The zero-order valence-corrected chi connectivity index (χ0v) is 19.3. The molecule has 9 nitrogen and oxygen atoms in total. The van der Waals surface area contributed by atoms with E-state index in [1.165, 1.54) is 30.3 Å². The molecule has 14 heteroatoms. The summed E-state index contributed by atoms with van der Waals surface area (Å²) in [6.45, 7) is 5.72. The Morgan fingerprint density at radius 1 is 1.19 bits per heavy atom. The molecule has 0 aliphatic carbocycles. The molecule has 0 atom stereocenters. The first-order valence-electron chi connectivity index (χ1n) is 8.80. The maximum absolute atomic E-state index is 13.8. The van der Waals surface area contributed by atoms with Crippen LogP contribution < -0.4 is 4.74 Å². The molecule has 2 aromatic carbocycles. The Morgan fingerprint density at radius 3 is 2.44 bits per heavy atom. The van der Waals surface area contributed by atoms with Gasteiger partial charge in [-0.2, -0.15) is 4.31 Å². The number of sulfonamides is 1. The van der Waals surface area contributed by atoms with Crippen LogP contribution in [0.2, 0.25) is 10.0 Å². The van der Waals surface area contributed by atoms with E-state index in [0.29, 0.717) is 0 Å². The van der Waals surface area contributed by atoms with Crippen LogP contribution in [0.5, 0.6) is 5.75 Å². The molecule has 0 radical (unpaired) electrons. The molecule has 0 unspecified atom stereocenters. The molecule has 2 aromatic rings. The minimum absolute atomic E-state index is 0.0625. The molecule has 1 heterocycles. The zero-order chi connectivity index (χ0) is 23.7. The summed E-state index contributed by atoms with van der Waals surface area (Å²) in [5, 5.41) is 0.180. The lowest BCUT2D eigenvalue weighted by Crippen LogP contribution is -2.62. The van der Waals surface area contributed by atoms with Crippen LogP contribution in [-0.4, -0.2) is 48.8 Å². The van der Waals surface area contributed by atoms with Crippen molar-refractivity contribution in [1.82, 2.24) is 4.31 Å². The molecule has 32 heavy (non-hydrogen) atoms. The van der Waals surface area contributed by atoms with Crippen LogP contribution in [0.4, 0.5) is 10.1 Å². The van der Waals surface area contributed by atoms with Crippen molar-refractivity contribution in [2.24, 2.45) is 5.41 Å². The molecule has 172 valence electrons. The third-order valence-corrected chi connectivity index (χ3v) is 7.63. The van der Waals surface area contributed by atoms with Gasteiger partial charge in [-0.1, -0.05) is 23.2 Å². The van der Waals surface area contributed by atoms with E-state index < -0.39 is 35.7 Å². The van der Waals surface area contributed by atoms with Crippen molar-refractivity contribution in [1.29, 1.82) is 0 Å². The number of nitrogens with zero attached hydrogens (tertiary/aromatic N) is 2. The van der Waals surface area contributed by atoms with Crippen LogP contribution in [-0.2, 0) is 19.1 Å². The second kappa shape index (κ2) is 9.25. The lowest BCUT2D eigenvalue weighted by molar-refractivity contribution is -0.0264. The summed E-state index contributed by atoms with van der Waals surface area (Å²) in [6, 6.07) is 7.47. The normalized spacial score (nSPS) is 16.2. The van der Waals surface area contributed by atoms with E-state index in [0.717, 1.165) is 10.4 Å². The van der Waals surface area contributed by atoms with Crippen LogP contribution in [0.1, 0.15) is 0 Å². The molecule has 1 aliphatic heterocycles. The maximum atomic E-state index is 13.8. The lowest BCUT2D eigenvalue weighted by Gasteiger charge is -2.48. The van der Waals surface area contributed by atoms with Gasteiger partial charge in [0, 0.05) is 24.2 Å². The molecule has 0 saturated carbocycles. The Kier molecular flexibility index (Phi) is 7.20. The van der Waals surface area contributed by atoms with Crippen molar-refractivity contribution in [2.45, 2.75) is 4.90 Å². The summed E-state index contributed by atoms with van der Waals surface area (Å²) >= 11 is 11.8. The van der Waals surface area contributed by atoms with E-state index in [-0.39, 0.29) is 46.1 Å². The Balaban J connectivity index is 1.78. The smallest absolute Gasteiger partial charge is 0.469 e. The highest BCUT2D eigenvalue weighted by molar-refractivity contribution is 7.89. The van der Waals surface area contributed by atoms with Crippen molar-refractivity contribution in [3.8, 4) is 5.75 Å². The van der Waals surface area contributed by atoms with Gasteiger partial charge >= 0.3 is 7.82 Å². The van der Waals surface area contributed by atoms with Crippen molar-refractivity contribution in [3.63, 3.8) is 0 Å². The van der Waals surface area contributed by atoms with Gasteiger partial charge in [-0.15, -0.1) is 0 Å². The average molecular weight is 525 g/mol. The summed E-state index contributed by atoms with van der Waals surface area (Å²) in [7, 11) is -8.87. The van der Waals surface area contributed by atoms with Gasteiger partial charge in [-0.05, 0) is 30.3 Å². The van der Waals surface area contributed by atoms with Crippen LogP contribution in [0.25, 0.3) is 4.85 Å². The van der Waals surface area contributed by atoms with Crippen molar-refractivity contribution >= 4 is 46.7 Å². The molecule has 1 saturated heterocycles. The number of ether oxygens (including phenoxy) is 1. The van der Waals surface area contributed by atoms with E-state index in [1.54, 1.807) is 0 Å². The molecule has 0 amide bonds. The van der Waals surface area contributed by atoms with E-state index in [2.05, 4.69) is 9.37 Å². The van der Waals surface area contributed by atoms with Gasteiger partial charge in [0.25, 0.3) is 0 Å². The Labute approximate surface area is 193 Å². The quantitative estimate of drug-likeness (QED) is 0.397. The van der Waals surface area contributed by atoms with Crippen molar-refractivity contribution < 1.29 is 36.4 Å². The first-order chi connectivity index (χ1) is 14.8. The SMILES string of the molecule is [C-]#[N+]c1ccc(OCC2(COP(=O)(O)O)CN(S(=O)(=O)c3ccc(Cl)cc3Cl)C2)cc1F. The van der Waals surface area contributed by atoms with E-state index in [1.807, 2.05) is 0 Å². The number of phosphoric ester groups is 1. The summed E-state index contributed by atoms with van der Waals surface area (Å²) in [5.74, 6) is -0.735. The van der Waals surface area contributed by atoms with Gasteiger partial charge in [0.1, 0.15) is 16.5 Å². The highest BCUT2D eigenvalue weighted by Crippen LogP contribution is 2.43. The molecule has 1 fully saturated rings. The third kappa shape index (κ3) is 5.60. The van der Waals surface area contributed by atoms with Crippen LogP contribution in [0.15, 0.2) is 41.3 Å². The van der Waals surface area contributed by atoms with Gasteiger partial charge in [0.15, 0.2) is 0 Å². The third-order valence-electron chi connectivity index (χ3n) is 4.66. The fraction of sp³-hybridized carbons (Fsp3) is 0.278. The van der Waals surface area contributed by atoms with Gasteiger partial charge in [-0.25, -0.2) is 22.2 Å². The lowest BCUT2D eigenvalue weighted by atomic mass is 9.83. The summed E-state index contributed by atoms with van der Waals surface area (Å²) in [5.41, 5.74) is -1.32. The average Bonchev–Trinajstić information content (AvgIpc) is 2.65. The first-order valence-corrected chi connectivity index (χ1v) is 12.5. The Morgan fingerprint density at radius 2 is 1.88 bits per heavy atom. The number of hydrogen-bond donors (Lipinski definition) is 2. The first kappa shape index (κ1) is 24.9. The molecule has 0 spiro atoms. The molecule has 1 aliphatic rings. The molecular formula is C18H16Cl2FN2O7PS. The molecule has 2 N–H and O–H groups in total. The van der Waals surface area contributed by atoms with Crippen LogP contribution >= 0.6 is 31.0 Å². The molecular weight excluding hydrogens is 509 g/mol. The van der Waals surface area contributed by atoms with Crippen LogP contribution in [0, 0.1) is 17.8 Å². The fourth-order valence-corrected chi connectivity index (χ4v) is 5.90. The molecule has 0 bridgehead atoms. The van der Waals surface area contributed by atoms with Gasteiger partial charge in [-0.3, -0.25) is 4.52 Å². The number of benzene rings is 2. The predicted molar refractivity (Wildman–Crippen MR) is 114 cm³/mol. The second-order valence-electron chi connectivity index (χ2n) is 7.13. The minimum Gasteiger partial charge on any atom is -0.493 e. The number of rotatable bonds is 8.